The smallest absolute Gasteiger partial charge is 0.325 e. The highest BCUT2D eigenvalue weighted by Crippen LogP contribution is 2.38. The van der Waals surface area contributed by atoms with Crippen molar-refractivity contribution in [3.63, 3.8) is 0 Å². The van der Waals surface area contributed by atoms with E-state index in [0.717, 1.165) is 17.3 Å². The van der Waals surface area contributed by atoms with Gasteiger partial charge in [0, 0.05) is 16.0 Å². The molecule has 44 heavy (non-hydrogen) atoms. The van der Waals surface area contributed by atoms with Crippen molar-refractivity contribution in [3.05, 3.63) is 63.5 Å². The Bertz CT molecular complexity index is 1480. The predicted molar refractivity (Wildman–Crippen MR) is 173 cm³/mol. The lowest BCUT2D eigenvalue weighted by molar-refractivity contribution is -0.153. The topological polar surface area (TPSA) is 125 Å². The van der Waals surface area contributed by atoms with Crippen LogP contribution in [0.1, 0.15) is 51.5 Å². The zero-order chi connectivity index (χ0) is 33.1. The molecule has 3 atom stereocenters. The second-order valence-corrected chi connectivity index (χ2v) is 13.8. The number of anilines is 1. The number of sulfonamides is 1. The van der Waals surface area contributed by atoms with Crippen LogP contribution >= 0.6 is 46.6 Å². The van der Waals surface area contributed by atoms with Gasteiger partial charge in [-0.2, -0.15) is 0 Å². The van der Waals surface area contributed by atoms with Gasteiger partial charge >= 0.3 is 17.9 Å². The van der Waals surface area contributed by atoms with Crippen LogP contribution in [0.3, 0.4) is 0 Å². The van der Waals surface area contributed by atoms with Crippen LogP contribution in [-0.2, 0) is 38.6 Å². The summed E-state index contributed by atoms with van der Waals surface area (Å²) in [6, 6.07) is 8.92. The lowest BCUT2D eigenvalue weighted by Crippen LogP contribution is -2.34. The van der Waals surface area contributed by atoms with Crippen molar-refractivity contribution in [3.8, 4) is 11.4 Å². The van der Waals surface area contributed by atoms with Gasteiger partial charge in [0.25, 0.3) is 10.0 Å². The van der Waals surface area contributed by atoms with Gasteiger partial charge in [0.05, 0.1) is 52.6 Å². The number of nitrogens with one attached hydrogen (secondary N) is 1. The van der Waals surface area contributed by atoms with E-state index in [9.17, 15) is 22.8 Å². The summed E-state index contributed by atoms with van der Waals surface area (Å²) in [5.74, 6) is -2.16. The number of thioether (sulfide) groups is 1. The zero-order valence-electron chi connectivity index (χ0n) is 24.7. The molecular weight excluding hydrogens is 673 g/mol. The van der Waals surface area contributed by atoms with Crippen molar-refractivity contribution < 1.29 is 37.0 Å². The SMILES string of the molecule is CCC(C)(CC(CC(C)c1ccc(S(=O)(=O)Nc2c(Cl)cc(Cl)cc2Cl)cc1)C(=O)OC)C(=O)OC#CSC[CH]C(=O)OC. The van der Waals surface area contributed by atoms with Gasteiger partial charge in [0.1, 0.15) is 6.11 Å². The number of benzene rings is 2. The van der Waals surface area contributed by atoms with Crippen LogP contribution in [0.25, 0.3) is 0 Å². The minimum Gasteiger partial charge on any atom is -0.469 e. The molecule has 1 N–H and O–H groups in total. The molecule has 0 spiro atoms. The van der Waals surface area contributed by atoms with Gasteiger partial charge in [-0.3, -0.25) is 19.1 Å². The number of methoxy groups -OCH3 is 2. The van der Waals surface area contributed by atoms with E-state index in [1.807, 2.05) is 13.8 Å². The maximum Gasteiger partial charge on any atom is 0.325 e. The standard InChI is InChI=1S/C30H33Cl3NO8S2/c1-6-30(3,29(37)42-12-14-43-13-11-26(35)40-4)18-21(28(36)41-5)15-19(2)20-7-9-23(10-8-20)44(38,39)34-27-24(32)16-22(31)17-25(27)33/h7-11,16-17,19,21,34H,6,13,15,18H2,1-5H3. The molecule has 1 radical (unpaired) electrons. The number of hydrogen-bond acceptors (Lipinski definition) is 9. The molecule has 2 aromatic rings. The molecule has 9 nitrogen and oxygen atoms in total. The molecule has 0 aliphatic heterocycles. The quantitative estimate of drug-likeness (QED) is 0.0948. The highest BCUT2D eigenvalue weighted by molar-refractivity contribution is 8.04. The molecule has 0 amide bonds. The predicted octanol–water partition coefficient (Wildman–Crippen LogP) is 7.11. The Morgan fingerprint density at radius 2 is 1.68 bits per heavy atom. The van der Waals surface area contributed by atoms with Crippen LogP contribution in [0.4, 0.5) is 5.69 Å². The first-order valence-electron chi connectivity index (χ1n) is 13.3. The Morgan fingerprint density at radius 3 is 2.23 bits per heavy atom. The Balaban J connectivity index is 2.13. The minimum absolute atomic E-state index is 0.00963. The highest BCUT2D eigenvalue weighted by atomic mass is 35.5. The fraction of sp³-hybridized carbons (Fsp3) is 0.400. The third-order valence-electron chi connectivity index (χ3n) is 6.94. The summed E-state index contributed by atoms with van der Waals surface area (Å²) in [7, 11) is -1.48. The van der Waals surface area contributed by atoms with E-state index in [0.29, 0.717) is 12.8 Å². The first-order valence-corrected chi connectivity index (χ1v) is 16.9. The van der Waals surface area contributed by atoms with Crippen LogP contribution in [-0.4, -0.2) is 46.3 Å². The molecule has 0 fully saturated rings. The van der Waals surface area contributed by atoms with Crippen molar-refractivity contribution >= 4 is 80.2 Å². The number of carbonyl (C=O) groups excluding carboxylic acids is 3. The van der Waals surface area contributed by atoms with Crippen molar-refractivity contribution in [2.75, 3.05) is 24.7 Å². The fourth-order valence-electron chi connectivity index (χ4n) is 4.17. The van der Waals surface area contributed by atoms with Gasteiger partial charge in [0.15, 0.2) is 0 Å². The summed E-state index contributed by atoms with van der Waals surface area (Å²) < 4.78 is 43.1. The Labute approximate surface area is 277 Å². The summed E-state index contributed by atoms with van der Waals surface area (Å²) in [5, 5.41) is 2.96. The number of carbonyl (C=O) groups is 3. The molecule has 0 heterocycles. The van der Waals surface area contributed by atoms with E-state index >= 15 is 0 Å². The minimum atomic E-state index is -4.03. The fourth-order valence-corrected chi connectivity index (χ4v) is 6.70. The first kappa shape index (κ1) is 37.6. The number of hydrogen-bond donors (Lipinski definition) is 1. The van der Waals surface area contributed by atoms with Crippen LogP contribution in [0.15, 0.2) is 41.3 Å². The molecule has 2 aromatic carbocycles. The normalized spacial score (nSPS) is 13.8. The largest absolute Gasteiger partial charge is 0.469 e. The second kappa shape index (κ2) is 17.2. The van der Waals surface area contributed by atoms with Crippen molar-refractivity contribution in [1.82, 2.24) is 0 Å². The van der Waals surface area contributed by atoms with Crippen molar-refractivity contribution in [2.45, 2.75) is 50.8 Å². The molecule has 0 bridgehead atoms. The van der Waals surface area contributed by atoms with E-state index in [-0.39, 0.29) is 43.7 Å². The monoisotopic (exact) mass is 704 g/mol. The van der Waals surface area contributed by atoms with E-state index in [1.54, 1.807) is 19.1 Å². The van der Waals surface area contributed by atoms with Gasteiger partial charge in [-0.15, -0.1) is 0 Å². The van der Waals surface area contributed by atoms with Crippen LogP contribution in [0.2, 0.25) is 15.1 Å². The second-order valence-electron chi connectivity index (χ2n) is 10.0. The summed E-state index contributed by atoms with van der Waals surface area (Å²) >= 11 is 19.2. The number of rotatable bonds is 14. The molecule has 0 saturated carbocycles. The van der Waals surface area contributed by atoms with Crippen LogP contribution < -0.4 is 4.72 Å². The third kappa shape index (κ3) is 10.8. The van der Waals surface area contributed by atoms with Crippen LogP contribution in [0.5, 0.6) is 0 Å². The van der Waals surface area contributed by atoms with E-state index in [4.69, 9.17) is 44.3 Å². The molecular formula is C30H33Cl3NO8S2. The average Bonchev–Trinajstić information content (AvgIpc) is 2.99. The zero-order valence-corrected chi connectivity index (χ0v) is 28.6. The lowest BCUT2D eigenvalue weighted by atomic mass is 9.75. The van der Waals surface area contributed by atoms with Gasteiger partial charge in [-0.1, -0.05) is 72.5 Å². The molecule has 0 saturated heterocycles. The van der Waals surface area contributed by atoms with E-state index < -0.39 is 39.3 Å². The molecule has 14 heteroatoms. The molecule has 0 aliphatic carbocycles. The maximum atomic E-state index is 13.0. The summed E-state index contributed by atoms with van der Waals surface area (Å²) in [6.07, 6.45) is 4.48. The molecule has 3 unspecified atom stereocenters. The van der Waals surface area contributed by atoms with E-state index in [2.05, 4.69) is 20.8 Å². The summed E-state index contributed by atoms with van der Waals surface area (Å²) in [5.41, 5.74) is -0.257. The van der Waals surface area contributed by atoms with Gasteiger partial charge in [-0.25, -0.2) is 8.42 Å². The number of halogens is 3. The Morgan fingerprint density at radius 1 is 1.07 bits per heavy atom. The molecule has 0 aliphatic rings. The third-order valence-corrected chi connectivity index (χ3v) is 9.68. The van der Waals surface area contributed by atoms with Crippen molar-refractivity contribution in [1.29, 1.82) is 0 Å². The van der Waals surface area contributed by atoms with Gasteiger partial charge in [0.2, 0.25) is 0 Å². The van der Waals surface area contributed by atoms with Gasteiger partial charge in [-0.05, 0) is 61.9 Å². The van der Waals surface area contributed by atoms with E-state index in [1.165, 1.54) is 44.9 Å². The van der Waals surface area contributed by atoms with Crippen LogP contribution in [0, 0.1) is 29.1 Å². The highest BCUT2D eigenvalue weighted by Gasteiger charge is 2.39. The summed E-state index contributed by atoms with van der Waals surface area (Å²) in [4.78, 5) is 36.8. The maximum absolute atomic E-state index is 13.0. The first-order chi connectivity index (χ1) is 20.7. The molecule has 0 aromatic heterocycles. The molecule has 2 rings (SSSR count). The Hall–Kier alpha value is -2.62. The summed E-state index contributed by atoms with van der Waals surface area (Å²) in [6.45, 7) is 5.40. The number of esters is 3. The average molecular weight is 706 g/mol. The van der Waals surface area contributed by atoms with Gasteiger partial charge < -0.3 is 14.2 Å². The van der Waals surface area contributed by atoms with Crippen molar-refractivity contribution in [2.24, 2.45) is 11.3 Å². The molecule has 239 valence electrons. The Kier molecular flexibility index (Phi) is 14.7. The lowest BCUT2D eigenvalue weighted by Gasteiger charge is -2.29. The number of ether oxygens (including phenoxy) is 3.